The van der Waals surface area contributed by atoms with Crippen molar-refractivity contribution < 1.29 is 4.74 Å². The SMILES string of the molecule is Cc1ccc(OCCCC(C)(C)C)c(CN)n1. The lowest BCUT2D eigenvalue weighted by atomic mass is 9.91. The number of hydrogen-bond donors (Lipinski definition) is 1. The van der Waals surface area contributed by atoms with Crippen molar-refractivity contribution >= 4 is 0 Å². The highest BCUT2D eigenvalue weighted by Gasteiger charge is 2.10. The van der Waals surface area contributed by atoms with Gasteiger partial charge in [-0.2, -0.15) is 0 Å². The monoisotopic (exact) mass is 236 g/mol. The molecule has 1 rings (SSSR count). The van der Waals surface area contributed by atoms with Crippen molar-refractivity contribution in [1.29, 1.82) is 0 Å². The Balaban J connectivity index is 2.46. The molecule has 1 aromatic rings. The first kappa shape index (κ1) is 14.0. The van der Waals surface area contributed by atoms with E-state index in [0.29, 0.717) is 12.0 Å². The summed E-state index contributed by atoms with van der Waals surface area (Å²) in [6, 6.07) is 3.92. The van der Waals surface area contributed by atoms with Gasteiger partial charge in [0.15, 0.2) is 0 Å². The van der Waals surface area contributed by atoms with Crippen LogP contribution in [-0.4, -0.2) is 11.6 Å². The van der Waals surface area contributed by atoms with Crippen LogP contribution in [0.5, 0.6) is 5.75 Å². The Kier molecular flexibility index (Phi) is 4.94. The molecule has 0 amide bonds. The maximum atomic E-state index is 5.74. The van der Waals surface area contributed by atoms with Crippen LogP contribution in [0, 0.1) is 12.3 Å². The highest BCUT2D eigenvalue weighted by Crippen LogP contribution is 2.21. The number of aromatic nitrogens is 1. The average molecular weight is 236 g/mol. The summed E-state index contributed by atoms with van der Waals surface area (Å²) in [5.41, 5.74) is 7.84. The molecule has 0 aliphatic heterocycles. The third-order valence-corrected chi connectivity index (χ3v) is 2.59. The van der Waals surface area contributed by atoms with Crippen LogP contribution in [0.25, 0.3) is 0 Å². The molecule has 96 valence electrons. The summed E-state index contributed by atoms with van der Waals surface area (Å²) in [6.45, 7) is 9.84. The van der Waals surface area contributed by atoms with Gasteiger partial charge >= 0.3 is 0 Å². The van der Waals surface area contributed by atoms with Gasteiger partial charge in [-0.1, -0.05) is 20.8 Å². The molecule has 0 spiro atoms. The Morgan fingerprint density at radius 1 is 1.29 bits per heavy atom. The highest BCUT2D eigenvalue weighted by atomic mass is 16.5. The Morgan fingerprint density at radius 2 is 2.00 bits per heavy atom. The minimum Gasteiger partial charge on any atom is -0.492 e. The summed E-state index contributed by atoms with van der Waals surface area (Å²) in [5.74, 6) is 0.826. The Morgan fingerprint density at radius 3 is 2.59 bits per heavy atom. The second-order valence-electron chi connectivity index (χ2n) is 5.61. The topological polar surface area (TPSA) is 48.1 Å². The largest absolute Gasteiger partial charge is 0.492 e. The summed E-state index contributed by atoms with van der Waals surface area (Å²) in [5, 5.41) is 0. The molecule has 0 radical (unpaired) electrons. The van der Waals surface area contributed by atoms with Crippen molar-refractivity contribution in [2.75, 3.05) is 6.61 Å². The van der Waals surface area contributed by atoms with Crippen LogP contribution in [0.1, 0.15) is 45.0 Å². The third kappa shape index (κ3) is 5.18. The van der Waals surface area contributed by atoms with Crippen molar-refractivity contribution in [3.8, 4) is 5.75 Å². The molecule has 3 nitrogen and oxygen atoms in total. The molecule has 0 bridgehead atoms. The molecular formula is C14H24N2O. The fourth-order valence-corrected chi connectivity index (χ4v) is 1.66. The molecule has 0 unspecified atom stereocenters. The zero-order chi connectivity index (χ0) is 12.9. The van der Waals surface area contributed by atoms with E-state index in [9.17, 15) is 0 Å². The Hall–Kier alpha value is -1.09. The van der Waals surface area contributed by atoms with Crippen molar-refractivity contribution in [2.45, 2.75) is 47.1 Å². The van der Waals surface area contributed by atoms with E-state index in [1.54, 1.807) is 0 Å². The highest BCUT2D eigenvalue weighted by molar-refractivity contribution is 5.29. The van der Waals surface area contributed by atoms with Gasteiger partial charge in [-0.15, -0.1) is 0 Å². The predicted octanol–water partition coefficient (Wildman–Crippen LogP) is 3.05. The third-order valence-electron chi connectivity index (χ3n) is 2.59. The number of nitrogens with two attached hydrogens (primary N) is 1. The number of pyridine rings is 1. The normalized spacial score (nSPS) is 11.6. The first-order valence-corrected chi connectivity index (χ1v) is 6.22. The number of rotatable bonds is 5. The lowest BCUT2D eigenvalue weighted by Gasteiger charge is -2.18. The average Bonchev–Trinajstić information content (AvgIpc) is 2.24. The van der Waals surface area contributed by atoms with Crippen molar-refractivity contribution in [3.05, 3.63) is 23.5 Å². The van der Waals surface area contributed by atoms with Gasteiger partial charge in [0.1, 0.15) is 5.75 Å². The molecule has 0 saturated heterocycles. The molecule has 1 aromatic heterocycles. The molecular weight excluding hydrogens is 212 g/mol. The van der Waals surface area contributed by atoms with Gasteiger partial charge in [0, 0.05) is 12.2 Å². The fourth-order valence-electron chi connectivity index (χ4n) is 1.66. The molecule has 3 heteroatoms. The maximum absolute atomic E-state index is 5.74. The summed E-state index contributed by atoms with van der Waals surface area (Å²) in [6.07, 6.45) is 2.21. The van der Waals surface area contributed by atoms with Gasteiger partial charge in [0.2, 0.25) is 0 Å². The zero-order valence-electron chi connectivity index (χ0n) is 11.4. The lowest BCUT2D eigenvalue weighted by molar-refractivity contribution is 0.266. The van der Waals surface area contributed by atoms with Crippen molar-refractivity contribution in [3.63, 3.8) is 0 Å². The van der Waals surface area contributed by atoms with Gasteiger partial charge in [-0.05, 0) is 37.3 Å². The fraction of sp³-hybridized carbons (Fsp3) is 0.643. The number of ether oxygens (including phenoxy) is 1. The standard InChI is InChI=1S/C14H24N2O/c1-11-6-7-13(12(10-15)16-11)17-9-5-8-14(2,3)4/h6-7H,5,8-10,15H2,1-4H3. The van der Waals surface area contributed by atoms with E-state index in [1.165, 1.54) is 0 Å². The summed E-state index contributed by atoms with van der Waals surface area (Å²) < 4.78 is 5.74. The van der Waals surface area contributed by atoms with E-state index in [2.05, 4.69) is 25.8 Å². The van der Waals surface area contributed by atoms with Crippen LogP contribution >= 0.6 is 0 Å². The van der Waals surface area contributed by atoms with Crippen LogP contribution in [0.4, 0.5) is 0 Å². The van der Waals surface area contributed by atoms with E-state index in [4.69, 9.17) is 10.5 Å². The van der Waals surface area contributed by atoms with Gasteiger partial charge in [-0.25, -0.2) is 0 Å². The maximum Gasteiger partial charge on any atom is 0.142 e. The van der Waals surface area contributed by atoms with Gasteiger partial charge < -0.3 is 10.5 Å². The van der Waals surface area contributed by atoms with Gasteiger partial charge in [-0.3, -0.25) is 4.98 Å². The van der Waals surface area contributed by atoms with E-state index in [-0.39, 0.29) is 0 Å². The summed E-state index contributed by atoms with van der Waals surface area (Å²) in [7, 11) is 0. The Labute approximate surface area is 104 Å². The second-order valence-corrected chi connectivity index (χ2v) is 5.61. The number of hydrogen-bond acceptors (Lipinski definition) is 3. The molecule has 0 aromatic carbocycles. The first-order valence-electron chi connectivity index (χ1n) is 6.22. The van der Waals surface area contributed by atoms with Gasteiger partial charge in [0.25, 0.3) is 0 Å². The van der Waals surface area contributed by atoms with Gasteiger partial charge in [0.05, 0.1) is 12.3 Å². The van der Waals surface area contributed by atoms with Crippen LogP contribution in [0.2, 0.25) is 0 Å². The summed E-state index contributed by atoms with van der Waals surface area (Å²) in [4.78, 5) is 4.37. The zero-order valence-corrected chi connectivity index (χ0v) is 11.4. The van der Waals surface area contributed by atoms with Crippen LogP contribution < -0.4 is 10.5 Å². The second kappa shape index (κ2) is 6.01. The smallest absolute Gasteiger partial charge is 0.142 e. The van der Waals surface area contributed by atoms with E-state index < -0.39 is 0 Å². The lowest BCUT2D eigenvalue weighted by Crippen LogP contribution is -2.10. The van der Waals surface area contributed by atoms with Crippen molar-refractivity contribution in [1.82, 2.24) is 4.98 Å². The van der Waals surface area contributed by atoms with Crippen LogP contribution in [0.3, 0.4) is 0 Å². The number of nitrogens with zero attached hydrogens (tertiary/aromatic N) is 1. The number of aryl methyl sites for hydroxylation is 1. The Bertz CT molecular complexity index is 356. The molecule has 0 aliphatic rings. The van der Waals surface area contributed by atoms with Crippen LogP contribution in [-0.2, 0) is 6.54 Å². The minimum absolute atomic E-state index is 0.367. The predicted molar refractivity (Wildman–Crippen MR) is 71.0 cm³/mol. The molecule has 0 saturated carbocycles. The quantitative estimate of drug-likeness (QED) is 0.799. The van der Waals surface area contributed by atoms with E-state index >= 15 is 0 Å². The minimum atomic E-state index is 0.367. The molecule has 17 heavy (non-hydrogen) atoms. The molecule has 0 fully saturated rings. The molecule has 2 N–H and O–H groups in total. The van der Waals surface area contributed by atoms with Crippen LogP contribution in [0.15, 0.2) is 12.1 Å². The summed E-state index contributed by atoms with van der Waals surface area (Å²) >= 11 is 0. The first-order chi connectivity index (χ1) is 7.92. The van der Waals surface area contributed by atoms with E-state index in [1.807, 2.05) is 19.1 Å². The van der Waals surface area contributed by atoms with E-state index in [0.717, 1.165) is 36.6 Å². The molecule has 0 atom stereocenters. The molecule has 0 aliphatic carbocycles. The molecule has 1 heterocycles. The van der Waals surface area contributed by atoms with Crippen molar-refractivity contribution in [2.24, 2.45) is 11.1 Å².